The molecule has 134 valence electrons. The summed E-state index contributed by atoms with van der Waals surface area (Å²) < 4.78 is 6.01. The predicted octanol–water partition coefficient (Wildman–Crippen LogP) is 1.67. The van der Waals surface area contributed by atoms with Crippen molar-refractivity contribution in [2.45, 2.75) is 33.3 Å². The van der Waals surface area contributed by atoms with Crippen molar-refractivity contribution in [3.05, 3.63) is 52.4 Å². The molecule has 8 nitrogen and oxygen atoms in total. The highest BCUT2D eigenvalue weighted by molar-refractivity contribution is 5.89. The van der Waals surface area contributed by atoms with Gasteiger partial charge in [-0.2, -0.15) is 0 Å². The van der Waals surface area contributed by atoms with Crippen molar-refractivity contribution in [3.8, 4) is 11.4 Å². The molecule has 8 heteroatoms. The molecule has 0 saturated heterocycles. The van der Waals surface area contributed by atoms with Gasteiger partial charge in [0.1, 0.15) is 11.2 Å². The maximum absolute atomic E-state index is 12.2. The largest absolute Gasteiger partial charge is 0.481 e. The van der Waals surface area contributed by atoms with Crippen LogP contribution in [0.25, 0.3) is 11.4 Å². The van der Waals surface area contributed by atoms with E-state index in [2.05, 4.69) is 4.98 Å². The Hall–Kier alpha value is -3.16. The average molecular weight is 347 g/mol. The van der Waals surface area contributed by atoms with Gasteiger partial charge in [0, 0.05) is 18.7 Å². The lowest BCUT2D eigenvalue weighted by Gasteiger charge is -2.19. The number of hydrogen-bond acceptors (Lipinski definition) is 6. The van der Waals surface area contributed by atoms with Gasteiger partial charge >= 0.3 is 5.97 Å². The Labute approximate surface area is 144 Å². The fourth-order valence-corrected chi connectivity index (χ4v) is 1.74. The van der Waals surface area contributed by atoms with Crippen LogP contribution >= 0.6 is 0 Å². The summed E-state index contributed by atoms with van der Waals surface area (Å²) in [5.74, 6) is 4.47. The lowest BCUT2D eigenvalue weighted by atomic mass is 10.2. The van der Waals surface area contributed by atoms with Gasteiger partial charge in [-0.25, -0.2) is 14.5 Å². The van der Waals surface area contributed by atoms with Gasteiger partial charge in [0.05, 0.1) is 0 Å². The summed E-state index contributed by atoms with van der Waals surface area (Å²) in [6, 6.07) is 9.01. The number of nitrogen functional groups attached to an aromatic ring is 1. The summed E-state index contributed by atoms with van der Waals surface area (Å²) in [5.41, 5.74) is -0.834. The minimum absolute atomic E-state index is 0.188. The Kier molecular flexibility index (Phi) is 6.44. The third-order valence-corrected chi connectivity index (χ3v) is 2.64. The molecule has 0 aliphatic rings. The third-order valence-electron chi connectivity index (χ3n) is 2.64. The minimum Gasteiger partial charge on any atom is -0.481 e. The van der Waals surface area contributed by atoms with E-state index < -0.39 is 23.1 Å². The van der Waals surface area contributed by atoms with E-state index in [0.29, 0.717) is 5.56 Å². The number of hydrogen-bond donors (Lipinski definition) is 2. The van der Waals surface area contributed by atoms with E-state index in [1.807, 2.05) is 18.2 Å². The number of nitrogens with zero attached hydrogens (tertiary/aromatic N) is 2. The molecule has 2 rings (SSSR count). The first kappa shape index (κ1) is 19.9. The van der Waals surface area contributed by atoms with E-state index >= 15 is 0 Å². The molecule has 0 fully saturated rings. The standard InChI is InChI=1S/C15H17N3O3.C2H4O2/c1-15(2,3)21-14(20)11-9-17-12(18(16)13(11)19)10-7-5-4-6-8-10;1-2(3)4/h4-9H,16H2,1-3H3;1H3,(H,3,4). The van der Waals surface area contributed by atoms with E-state index in [1.54, 1.807) is 32.9 Å². The summed E-state index contributed by atoms with van der Waals surface area (Å²) >= 11 is 0. The second kappa shape index (κ2) is 8.09. The fraction of sp³-hybridized carbons (Fsp3) is 0.294. The zero-order chi connectivity index (χ0) is 19.2. The highest BCUT2D eigenvalue weighted by atomic mass is 16.6. The Bertz CT molecular complexity index is 803. The monoisotopic (exact) mass is 347 g/mol. The van der Waals surface area contributed by atoms with Gasteiger partial charge in [0.25, 0.3) is 11.5 Å². The molecule has 1 heterocycles. The molecule has 0 radical (unpaired) electrons. The molecule has 0 aliphatic carbocycles. The number of aromatic nitrogens is 2. The highest BCUT2D eigenvalue weighted by Gasteiger charge is 2.22. The van der Waals surface area contributed by atoms with Gasteiger partial charge in [0.2, 0.25) is 0 Å². The number of nitrogens with two attached hydrogens (primary N) is 1. The van der Waals surface area contributed by atoms with E-state index in [4.69, 9.17) is 20.5 Å². The van der Waals surface area contributed by atoms with Crippen molar-refractivity contribution in [2.24, 2.45) is 0 Å². The first-order chi connectivity index (χ1) is 11.5. The Balaban J connectivity index is 0.000000705. The Morgan fingerprint density at radius 2 is 1.72 bits per heavy atom. The van der Waals surface area contributed by atoms with E-state index in [-0.39, 0.29) is 11.4 Å². The number of ether oxygens (including phenoxy) is 1. The zero-order valence-electron chi connectivity index (χ0n) is 14.5. The maximum Gasteiger partial charge on any atom is 0.345 e. The van der Waals surface area contributed by atoms with Crippen LogP contribution in [0, 0.1) is 0 Å². The zero-order valence-corrected chi connectivity index (χ0v) is 14.5. The van der Waals surface area contributed by atoms with Crippen LogP contribution in [0.4, 0.5) is 0 Å². The number of carboxylic acid groups (broad SMARTS) is 1. The number of rotatable bonds is 2. The maximum atomic E-state index is 12.2. The summed E-state index contributed by atoms with van der Waals surface area (Å²) in [7, 11) is 0. The van der Waals surface area contributed by atoms with Crippen molar-refractivity contribution < 1.29 is 19.4 Å². The molecule has 0 atom stereocenters. The molecule has 0 aliphatic heterocycles. The predicted molar refractivity (Wildman–Crippen MR) is 92.6 cm³/mol. The van der Waals surface area contributed by atoms with E-state index in [9.17, 15) is 9.59 Å². The molecule has 1 aromatic heterocycles. The average Bonchev–Trinajstić information content (AvgIpc) is 2.48. The molecule has 0 unspecified atom stereocenters. The molecule has 25 heavy (non-hydrogen) atoms. The number of carboxylic acids is 1. The van der Waals surface area contributed by atoms with Crippen molar-refractivity contribution in [3.63, 3.8) is 0 Å². The lowest BCUT2D eigenvalue weighted by molar-refractivity contribution is -0.134. The first-order valence-corrected chi connectivity index (χ1v) is 7.38. The molecule has 0 bridgehead atoms. The number of esters is 1. The Morgan fingerprint density at radius 1 is 1.20 bits per heavy atom. The van der Waals surface area contributed by atoms with Crippen molar-refractivity contribution in [1.29, 1.82) is 0 Å². The molecule has 3 N–H and O–H groups in total. The Morgan fingerprint density at radius 3 is 2.20 bits per heavy atom. The summed E-state index contributed by atoms with van der Waals surface area (Å²) in [6.07, 6.45) is 1.20. The number of carbonyl (C=O) groups excluding carboxylic acids is 1. The van der Waals surface area contributed by atoms with Crippen LogP contribution in [-0.4, -0.2) is 32.3 Å². The van der Waals surface area contributed by atoms with Crippen LogP contribution in [0.2, 0.25) is 0 Å². The van der Waals surface area contributed by atoms with Crippen LogP contribution in [0.5, 0.6) is 0 Å². The molecule has 0 spiro atoms. The van der Waals surface area contributed by atoms with E-state index in [0.717, 1.165) is 11.6 Å². The van der Waals surface area contributed by atoms with E-state index in [1.165, 1.54) is 6.20 Å². The normalized spacial score (nSPS) is 10.4. The second-order valence-corrected chi connectivity index (χ2v) is 6.06. The molecule has 1 aromatic carbocycles. The fourth-order valence-electron chi connectivity index (χ4n) is 1.74. The molecular formula is C17H21N3O5. The van der Waals surface area contributed by atoms with Crippen LogP contribution in [-0.2, 0) is 9.53 Å². The van der Waals surface area contributed by atoms with Crippen molar-refractivity contribution in [1.82, 2.24) is 9.66 Å². The van der Waals surface area contributed by atoms with Crippen molar-refractivity contribution >= 4 is 11.9 Å². The molecule has 2 aromatic rings. The first-order valence-electron chi connectivity index (χ1n) is 7.38. The molecule has 0 amide bonds. The topological polar surface area (TPSA) is 125 Å². The summed E-state index contributed by atoms with van der Waals surface area (Å²) in [4.78, 5) is 37.2. The second-order valence-electron chi connectivity index (χ2n) is 6.06. The van der Waals surface area contributed by atoms with Crippen LogP contribution in [0.1, 0.15) is 38.1 Å². The number of carbonyl (C=O) groups is 2. The van der Waals surface area contributed by atoms with Crippen molar-refractivity contribution in [2.75, 3.05) is 5.84 Å². The SMILES string of the molecule is CC(=O)O.CC(C)(C)OC(=O)c1cnc(-c2ccccc2)n(N)c1=O. The number of benzene rings is 1. The minimum atomic E-state index is -0.833. The summed E-state index contributed by atoms with van der Waals surface area (Å²) in [6.45, 7) is 6.24. The molecule has 0 saturated carbocycles. The quantitative estimate of drug-likeness (QED) is 0.625. The summed E-state index contributed by atoms with van der Waals surface area (Å²) in [5, 5.41) is 7.42. The van der Waals surface area contributed by atoms with Gasteiger partial charge in [-0.15, -0.1) is 0 Å². The van der Waals surface area contributed by atoms with Gasteiger partial charge in [-0.1, -0.05) is 30.3 Å². The highest BCUT2D eigenvalue weighted by Crippen LogP contribution is 2.14. The van der Waals surface area contributed by atoms with Crippen LogP contribution in [0.15, 0.2) is 41.3 Å². The number of aliphatic carboxylic acids is 1. The van der Waals surface area contributed by atoms with Gasteiger partial charge < -0.3 is 15.7 Å². The molecular weight excluding hydrogens is 326 g/mol. The third kappa shape index (κ3) is 6.09. The van der Waals surface area contributed by atoms with Gasteiger partial charge in [-0.3, -0.25) is 9.59 Å². The lowest BCUT2D eigenvalue weighted by Crippen LogP contribution is -2.36. The van der Waals surface area contributed by atoms with Crippen LogP contribution < -0.4 is 11.4 Å². The smallest absolute Gasteiger partial charge is 0.345 e. The van der Waals surface area contributed by atoms with Crippen LogP contribution in [0.3, 0.4) is 0 Å². The van der Waals surface area contributed by atoms with Gasteiger partial charge in [0.15, 0.2) is 5.82 Å². The van der Waals surface area contributed by atoms with Gasteiger partial charge in [-0.05, 0) is 20.8 Å².